The smallest absolute Gasteiger partial charge is 0.298 e. The van der Waals surface area contributed by atoms with Crippen LogP contribution in [0.15, 0.2) is 5.16 Å². The van der Waals surface area contributed by atoms with E-state index in [-0.39, 0.29) is 6.61 Å². The Kier molecular flexibility index (Phi) is 3.23. The Morgan fingerprint density at radius 1 is 1.62 bits per heavy atom. The SMILES string of the molecule is CCOCc1nc(S(=O)(=O)Cl)n[nH]1. The van der Waals surface area contributed by atoms with Crippen molar-refractivity contribution >= 4 is 19.7 Å². The average Bonchev–Trinajstić information content (AvgIpc) is 2.47. The zero-order valence-electron chi connectivity index (χ0n) is 6.82. The summed E-state index contributed by atoms with van der Waals surface area (Å²) in [6.45, 7) is 2.52. The van der Waals surface area contributed by atoms with Crippen molar-refractivity contribution in [1.29, 1.82) is 0 Å². The lowest BCUT2D eigenvalue weighted by molar-refractivity contribution is 0.128. The van der Waals surface area contributed by atoms with Crippen molar-refractivity contribution in [2.24, 2.45) is 0 Å². The lowest BCUT2D eigenvalue weighted by Crippen LogP contribution is -1.95. The predicted octanol–water partition coefficient (Wildman–Crippen LogP) is 0.269. The molecular weight excluding hydrogens is 218 g/mol. The minimum atomic E-state index is -3.84. The largest absolute Gasteiger partial charge is 0.374 e. The lowest BCUT2D eigenvalue weighted by atomic mass is 10.7. The van der Waals surface area contributed by atoms with Crippen molar-refractivity contribution in [3.8, 4) is 0 Å². The first-order valence-electron chi connectivity index (χ1n) is 3.47. The molecule has 0 radical (unpaired) electrons. The third-order valence-electron chi connectivity index (χ3n) is 1.17. The summed E-state index contributed by atoms with van der Waals surface area (Å²) in [6, 6.07) is 0. The van der Waals surface area contributed by atoms with Crippen LogP contribution in [0.3, 0.4) is 0 Å². The van der Waals surface area contributed by atoms with Gasteiger partial charge < -0.3 is 4.74 Å². The minimum Gasteiger partial charge on any atom is -0.374 e. The second-order valence-electron chi connectivity index (χ2n) is 2.14. The molecule has 0 saturated heterocycles. The zero-order valence-corrected chi connectivity index (χ0v) is 8.39. The number of rotatable bonds is 4. The van der Waals surface area contributed by atoms with Gasteiger partial charge >= 0.3 is 0 Å². The van der Waals surface area contributed by atoms with Crippen LogP contribution in [0.25, 0.3) is 0 Å². The van der Waals surface area contributed by atoms with Crippen molar-refractivity contribution in [3.63, 3.8) is 0 Å². The van der Waals surface area contributed by atoms with E-state index >= 15 is 0 Å². The molecule has 0 aromatic carbocycles. The Labute approximate surface area is 79.7 Å². The third kappa shape index (κ3) is 2.94. The highest BCUT2D eigenvalue weighted by molar-refractivity contribution is 8.13. The number of nitrogens with one attached hydrogen (secondary N) is 1. The number of aromatic nitrogens is 3. The van der Waals surface area contributed by atoms with Crippen LogP contribution < -0.4 is 0 Å². The van der Waals surface area contributed by atoms with Gasteiger partial charge in [-0.2, -0.15) is 4.98 Å². The fraction of sp³-hybridized carbons (Fsp3) is 0.600. The van der Waals surface area contributed by atoms with E-state index in [0.717, 1.165) is 0 Å². The molecule has 6 nitrogen and oxygen atoms in total. The summed E-state index contributed by atoms with van der Waals surface area (Å²) < 4.78 is 26.4. The van der Waals surface area contributed by atoms with Gasteiger partial charge in [-0.3, -0.25) is 5.10 Å². The van der Waals surface area contributed by atoms with Crippen molar-refractivity contribution in [1.82, 2.24) is 15.2 Å². The number of ether oxygens (including phenoxy) is 1. The highest BCUT2D eigenvalue weighted by Gasteiger charge is 2.16. The number of aromatic amines is 1. The van der Waals surface area contributed by atoms with Gasteiger partial charge in [0.05, 0.1) is 0 Å². The Morgan fingerprint density at radius 3 is 2.77 bits per heavy atom. The molecule has 0 aliphatic heterocycles. The average molecular weight is 226 g/mol. The minimum absolute atomic E-state index is 0.190. The van der Waals surface area contributed by atoms with Gasteiger partial charge in [-0.15, -0.1) is 5.10 Å². The van der Waals surface area contributed by atoms with Crippen LogP contribution in [0.4, 0.5) is 0 Å². The Hall–Kier alpha value is -0.660. The number of hydrogen-bond donors (Lipinski definition) is 1. The summed E-state index contributed by atoms with van der Waals surface area (Å²) >= 11 is 0. The van der Waals surface area contributed by atoms with Crippen LogP contribution in [-0.2, 0) is 20.4 Å². The molecule has 1 N–H and O–H groups in total. The molecule has 13 heavy (non-hydrogen) atoms. The molecule has 1 aromatic heterocycles. The van der Waals surface area contributed by atoms with E-state index in [2.05, 4.69) is 15.2 Å². The number of hydrogen-bond acceptors (Lipinski definition) is 5. The molecule has 74 valence electrons. The molecule has 0 bridgehead atoms. The van der Waals surface area contributed by atoms with Gasteiger partial charge in [-0.1, -0.05) is 0 Å². The molecule has 1 aromatic rings. The van der Waals surface area contributed by atoms with Crippen LogP contribution in [0.2, 0.25) is 0 Å². The summed E-state index contributed by atoms with van der Waals surface area (Å²) in [4.78, 5) is 3.61. The summed E-state index contributed by atoms with van der Waals surface area (Å²) in [5, 5.41) is 5.37. The summed E-state index contributed by atoms with van der Waals surface area (Å²) in [7, 11) is 1.15. The molecule has 0 spiro atoms. The Balaban J connectivity index is 2.76. The molecule has 0 aliphatic rings. The van der Waals surface area contributed by atoms with Gasteiger partial charge in [0.2, 0.25) is 0 Å². The molecule has 0 saturated carbocycles. The molecule has 8 heteroatoms. The highest BCUT2D eigenvalue weighted by Crippen LogP contribution is 2.08. The Bertz CT molecular complexity index is 374. The first kappa shape index (κ1) is 10.4. The standard InChI is InChI=1S/C5H8ClN3O3S/c1-2-12-3-4-7-5(9-8-4)13(6,10)11/h2-3H2,1H3,(H,7,8,9). The number of halogens is 1. The van der Waals surface area contributed by atoms with Crippen LogP contribution in [0.5, 0.6) is 0 Å². The molecule has 1 rings (SSSR count). The topological polar surface area (TPSA) is 84.9 Å². The van der Waals surface area contributed by atoms with E-state index in [1.54, 1.807) is 0 Å². The maximum absolute atomic E-state index is 10.7. The highest BCUT2D eigenvalue weighted by atomic mass is 35.7. The summed E-state index contributed by atoms with van der Waals surface area (Å²) in [6.07, 6.45) is 0. The third-order valence-corrected chi connectivity index (χ3v) is 2.20. The molecule has 0 amide bonds. The van der Waals surface area contributed by atoms with Gasteiger partial charge in [-0.05, 0) is 6.92 Å². The van der Waals surface area contributed by atoms with Gasteiger partial charge in [0.15, 0.2) is 5.82 Å². The Morgan fingerprint density at radius 2 is 2.31 bits per heavy atom. The first-order valence-corrected chi connectivity index (χ1v) is 5.78. The molecule has 1 heterocycles. The van der Waals surface area contributed by atoms with Crippen molar-refractivity contribution in [2.45, 2.75) is 18.7 Å². The summed E-state index contributed by atoms with van der Waals surface area (Å²) in [5.41, 5.74) is 0. The van der Waals surface area contributed by atoms with E-state index in [9.17, 15) is 8.42 Å². The van der Waals surface area contributed by atoms with Crippen LogP contribution in [0, 0.1) is 0 Å². The first-order chi connectivity index (χ1) is 6.04. The van der Waals surface area contributed by atoms with E-state index in [1.165, 1.54) is 0 Å². The number of H-pyrrole nitrogens is 1. The van der Waals surface area contributed by atoms with Gasteiger partial charge in [-0.25, -0.2) is 8.42 Å². The fourth-order valence-corrected chi connectivity index (χ4v) is 1.23. The van der Waals surface area contributed by atoms with Crippen LogP contribution in [0.1, 0.15) is 12.7 Å². The molecule has 0 atom stereocenters. The van der Waals surface area contributed by atoms with E-state index in [0.29, 0.717) is 12.4 Å². The van der Waals surface area contributed by atoms with Gasteiger partial charge in [0.25, 0.3) is 14.2 Å². The maximum Gasteiger partial charge on any atom is 0.298 e. The second kappa shape index (κ2) is 4.03. The van der Waals surface area contributed by atoms with E-state index in [1.807, 2.05) is 6.92 Å². The van der Waals surface area contributed by atoms with Gasteiger partial charge in [0.1, 0.15) is 6.61 Å². The summed E-state index contributed by atoms with van der Waals surface area (Å²) in [5.74, 6) is 0.334. The zero-order chi connectivity index (χ0) is 9.90. The van der Waals surface area contributed by atoms with Gasteiger partial charge in [0, 0.05) is 17.3 Å². The van der Waals surface area contributed by atoms with Crippen molar-refractivity contribution < 1.29 is 13.2 Å². The molecular formula is C5H8ClN3O3S. The molecule has 0 fully saturated rings. The molecule has 0 aliphatic carbocycles. The number of nitrogens with zero attached hydrogens (tertiary/aromatic N) is 2. The maximum atomic E-state index is 10.7. The quantitative estimate of drug-likeness (QED) is 0.744. The van der Waals surface area contributed by atoms with Crippen LogP contribution >= 0.6 is 10.7 Å². The predicted molar refractivity (Wildman–Crippen MR) is 44.8 cm³/mol. The van der Waals surface area contributed by atoms with E-state index < -0.39 is 14.2 Å². The molecule has 0 unspecified atom stereocenters. The van der Waals surface area contributed by atoms with Crippen molar-refractivity contribution in [3.05, 3.63) is 5.82 Å². The fourth-order valence-electron chi connectivity index (χ4n) is 0.650. The second-order valence-corrected chi connectivity index (χ2v) is 4.60. The normalized spacial score (nSPS) is 11.8. The van der Waals surface area contributed by atoms with Crippen LogP contribution in [-0.4, -0.2) is 30.2 Å². The van der Waals surface area contributed by atoms with E-state index in [4.69, 9.17) is 15.4 Å². The lowest BCUT2D eigenvalue weighted by Gasteiger charge is -1.93. The monoisotopic (exact) mass is 225 g/mol. The van der Waals surface area contributed by atoms with Crippen molar-refractivity contribution in [2.75, 3.05) is 6.61 Å².